The lowest BCUT2D eigenvalue weighted by molar-refractivity contribution is 0.0990. The molecule has 6 aromatic rings. The van der Waals surface area contributed by atoms with E-state index < -0.39 is 8.07 Å². The summed E-state index contributed by atoms with van der Waals surface area (Å²) in [4.78, 5) is 37.1. The average molecular weight is 553 g/mol. The van der Waals surface area contributed by atoms with Crippen molar-refractivity contribution in [2.75, 3.05) is 0 Å². The van der Waals surface area contributed by atoms with Crippen LogP contribution >= 0.6 is 0 Å². The molecule has 7 rings (SSSR count). The Hall–Kier alpha value is -4.88. The largest absolute Gasteiger partial charge is 0.310 e. The van der Waals surface area contributed by atoms with Crippen LogP contribution in [-0.2, 0) is 7.05 Å². The van der Waals surface area contributed by atoms with Crippen molar-refractivity contribution in [3.63, 3.8) is 0 Å². The van der Waals surface area contributed by atoms with Crippen molar-refractivity contribution in [1.29, 1.82) is 0 Å². The molecule has 2 heterocycles. The van der Waals surface area contributed by atoms with Crippen molar-refractivity contribution in [2.45, 2.75) is 19.6 Å². The van der Waals surface area contributed by atoms with E-state index >= 15 is 0 Å². The first-order valence-corrected chi connectivity index (χ1v) is 17.2. The lowest BCUT2D eigenvalue weighted by Gasteiger charge is -2.17. The van der Waals surface area contributed by atoms with Gasteiger partial charge in [0, 0.05) is 29.4 Å². The lowest BCUT2D eigenvalue weighted by atomic mass is 10.0. The van der Waals surface area contributed by atoms with Crippen LogP contribution in [0.1, 0.15) is 26.5 Å². The van der Waals surface area contributed by atoms with Crippen LogP contribution in [0.15, 0.2) is 96.6 Å². The first kappa shape index (κ1) is 25.1. The molecule has 7 heteroatoms. The summed E-state index contributed by atoms with van der Waals surface area (Å²) in [5, 5.41) is 3.20. The van der Waals surface area contributed by atoms with Gasteiger partial charge in [-0.15, -0.1) is 0 Å². The van der Waals surface area contributed by atoms with Crippen molar-refractivity contribution in [3.8, 4) is 17.1 Å². The number of allylic oxidation sites excluding steroid dienone is 1. The Morgan fingerprint density at radius 2 is 1.29 bits per heavy atom. The van der Waals surface area contributed by atoms with Gasteiger partial charge in [-0.2, -0.15) is 0 Å². The van der Waals surface area contributed by atoms with Gasteiger partial charge < -0.3 is 4.57 Å². The molecule has 0 N–H and O–H groups in total. The highest BCUT2D eigenvalue weighted by atomic mass is 28.3. The summed E-state index contributed by atoms with van der Waals surface area (Å²) in [7, 11) is 0.430. The third-order valence-corrected chi connectivity index (χ3v) is 9.94. The summed E-state index contributed by atoms with van der Waals surface area (Å²) in [5.41, 5.74) is 4.19. The predicted molar refractivity (Wildman–Crippen MR) is 167 cm³/mol. The molecule has 0 spiro atoms. The lowest BCUT2D eigenvalue weighted by Crippen LogP contribution is -2.37. The number of nitrogens with zero attached hydrogens (tertiary/aromatic N) is 4. The molecule has 41 heavy (non-hydrogen) atoms. The molecule has 1 aliphatic carbocycles. The Bertz CT molecular complexity index is 2000. The number of rotatable bonds is 4. The molecular formula is C34H28N4O2Si. The van der Waals surface area contributed by atoms with Crippen LogP contribution in [0.3, 0.4) is 0 Å². The van der Waals surface area contributed by atoms with E-state index in [0.717, 1.165) is 27.8 Å². The Morgan fingerprint density at radius 3 is 1.88 bits per heavy atom. The van der Waals surface area contributed by atoms with Gasteiger partial charge in [-0.3, -0.25) is 14.2 Å². The second-order valence-corrected chi connectivity index (χ2v) is 16.6. The quantitative estimate of drug-likeness (QED) is 0.141. The monoisotopic (exact) mass is 552 g/mol. The highest BCUT2D eigenvalue weighted by Crippen LogP contribution is 2.33. The van der Waals surface area contributed by atoms with Gasteiger partial charge in [-0.25, -0.2) is 9.97 Å². The number of ketones is 2. The van der Waals surface area contributed by atoms with Crippen LogP contribution in [0.25, 0.3) is 45.2 Å². The minimum atomic E-state index is -1.51. The molecular weight excluding hydrogens is 524 g/mol. The van der Waals surface area contributed by atoms with Crippen LogP contribution in [0.2, 0.25) is 19.6 Å². The Balaban J connectivity index is 1.42. The molecule has 0 unspecified atom stereocenters. The number of Topliss-reactive ketones (excluding diaryl/α,β-unsaturated/α-hetero) is 2. The number of hydrogen-bond acceptors (Lipinski definition) is 4. The van der Waals surface area contributed by atoms with E-state index in [9.17, 15) is 9.59 Å². The number of fused-ring (bicyclic) bond motifs is 3. The van der Waals surface area contributed by atoms with E-state index in [-0.39, 0.29) is 17.1 Å². The number of imidazole rings is 2. The maximum absolute atomic E-state index is 13.6. The van der Waals surface area contributed by atoms with E-state index in [0.29, 0.717) is 28.2 Å². The van der Waals surface area contributed by atoms with Crippen molar-refractivity contribution in [3.05, 3.63) is 114 Å². The van der Waals surface area contributed by atoms with Crippen LogP contribution in [0.5, 0.6) is 0 Å². The molecule has 2 aromatic heterocycles. The second kappa shape index (κ2) is 9.07. The predicted octanol–water partition coefficient (Wildman–Crippen LogP) is 6.59. The normalized spacial score (nSPS) is 13.4. The maximum atomic E-state index is 13.6. The molecule has 6 nitrogen and oxygen atoms in total. The van der Waals surface area contributed by atoms with Gasteiger partial charge in [0.05, 0.1) is 13.6 Å². The SMILES string of the molecule is Cn1c(-c2ccccc2)nc2c1nc(C=C1C(=O)c3cc4ccccc4cc3C1=O)n2-c1ccc([Si](C)(C)C)cc1. The molecule has 1 aliphatic rings. The smallest absolute Gasteiger partial charge is 0.197 e. The molecule has 0 atom stereocenters. The van der Waals surface area contributed by atoms with Crippen LogP contribution in [0.4, 0.5) is 0 Å². The maximum Gasteiger partial charge on any atom is 0.197 e. The zero-order chi connectivity index (χ0) is 28.5. The first-order valence-electron chi connectivity index (χ1n) is 13.7. The highest BCUT2D eigenvalue weighted by molar-refractivity contribution is 6.88. The van der Waals surface area contributed by atoms with Gasteiger partial charge in [0.15, 0.2) is 22.9 Å². The number of aromatic nitrogens is 4. The van der Waals surface area contributed by atoms with E-state index in [1.807, 2.05) is 82.9 Å². The number of carbonyl (C=O) groups is 2. The molecule has 0 bridgehead atoms. The fourth-order valence-corrected chi connectivity index (χ4v) is 6.76. The zero-order valence-corrected chi connectivity index (χ0v) is 24.3. The Labute approximate surface area is 238 Å². The zero-order valence-electron chi connectivity index (χ0n) is 23.3. The average Bonchev–Trinajstić information content (AvgIpc) is 3.57. The van der Waals surface area contributed by atoms with Crippen molar-refractivity contribution in [1.82, 2.24) is 19.1 Å². The minimum Gasteiger partial charge on any atom is -0.310 e. The number of hydrogen-bond donors (Lipinski definition) is 0. The van der Waals surface area contributed by atoms with Crippen molar-refractivity contribution >= 4 is 53.0 Å². The van der Waals surface area contributed by atoms with E-state index in [1.165, 1.54) is 5.19 Å². The molecule has 4 aromatic carbocycles. The van der Waals surface area contributed by atoms with Crippen LogP contribution < -0.4 is 5.19 Å². The van der Waals surface area contributed by atoms with Gasteiger partial charge in [0.2, 0.25) is 0 Å². The summed E-state index contributed by atoms with van der Waals surface area (Å²) in [6.45, 7) is 6.95. The Morgan fingerprint density at radius 1 is 0.707 bits per heavy atom. The number of aryl methyl sites for hydroxylation is 1. The summed E-state index contributed by atoms with van der Waals surface area (Å²) in [6, 6.07) is 29.9. The topological polar surface area (TPSA) is 69.8 Å². The molecule has 0 amide bonds. The molecule has 0 saturated carbocycles. The highest BCUT2D eigenvalue weighted by Gasteiger charge is 2.34. The fraction of sp³-hybridized carbons (Fsp3) is 0.118. The standard InChI is InChI=1S/C34H28N4O2Si/c1-37-32(21-10-6-5-7-11-21)36-34-33(37)35-29(38(34)24-14-16-25(17-15-24)41(2,3)4)20-28-30(39)26-18-22-12-8-9-13-23(22)19-27(26)31(28)40/h5-20H,1-4H3. The number of benzene rings is 4. The molecule has 0 fully saturated rings. The molecule has 0 radical (unpaired) electrons. The van der Waals surface area contributed by atoms with E-state index in [2.05, 4.69) is 43.9 Å². The van der Waals surface area contributed by atoms with E-state index in [4.69, 9.17) is 9.97 Å². The first-order chi connectivity index (χ1) is 19.7. The summed E-state index contributed by atoms with van der Waals surface area (Å²) in [6.07, 6.45) is 1.63. The van der Waals surface area contributed by atoms with Gasteiger partial charge in [-0.05, 0) is 41.1 Å². The van der Waals surface area contributed by atoms with E-state index in [1.54, 1.807) is 6.08 Å². The molecule has 200 valence electrons. The van der Waals surface area contributed by atoms with Gasteiger partial charge >= 0.3 is 0 Å². The summed E-state index contributed by atoms with van der Waals surface area (Å²) < 4.78 is 3.90. The van der Waals surface area contributed by atoms with Gasteiger partial charge in [-0.1, -0.05) is 91.6 Å². The summed E-state index contributed by atoms with van der Waals surface area (Å²) >= 11 is 0. The molecule has 0 saturated heterocycles. The third kappa shape index (κ3) is 4.00. The van der Waals surface area contributed by atoms with Crippen LogP contribution in [0, 0.1) is 0 Å². The molecule has 0 aliphatic heterocycles. The third-order valence-electron chi connectivity index (χ3n) is 7.87. The fourth-order valence-electron chi connectivity index (χ4n) is 5.59. The summed E-state index contributed by atoms with van der Waals surface area (Å²) in [5.74, 6) is 0.733. The minimum absolute atomic E-state index is 0.119. The second-order valence-electron chi connectivity index (χ2n) is 11.6. The Kier molecular flexibility index (Phi) is 5.56. The van der Waals surface area contributed by atoms with Gasteiger partial charge in [0.1, 0.15) is 11.6 Å². The van der Waals surface area contributed by atoms with Crippen molar-refractivity contribution < 1.29 is 9.59 Å². The number of carbonyl (C=O) groups excluding carboxylic acids is 2. The van der Waals surface area contributed by atoms with Gasteiger partial charge in [0.25, 0.3) is 0 Å². The van der Waals surface area contributed by atoms with Crippen LogP contribution in [-0.4, -0.2) is 38.7 Å². The van der Waals surface area contributed by atoms with Crippen molar-refractivity contribution in [2.24, 2.45) is 7.05 Å².